The largest absolute Gasteiger partial charge is 0.305 e. The molecule has 0 saturated heterocycles. The average molecular weight is 236 g/mol. The molecule has 0 aromatic carbocycles. The molecule has 0 amide bonds. The Morgan fingerprint density at radius 3 is 2.81 bits per heavy atom. The van der Waals surface area contributed by atoms with E-state index >= 15 is 0 Å². The predicted octanol–water partition coefficient (Wildman–Crippen LogP) is 3.01. The molecule has 16 heavy (non-hydrogen) atoms. The Morgan fingerprint density at radius 1 is 1.31 bits per heavy atom. The van der Waals surface area contributed by atoms with Crippen molar-refractivity contribution in [2.24, 2.45) is 0 Å². The molecule has 0 aliphatic heterocycles. The number of nitrogens with one attached hydrogen (secondary N) is 1. The van der Waals surface area contributed by atoms with E-state index < -0.39 is 0 Å². The van der Waals surface area contributed by atoms with Gasteiger partial charge in [0.05, 0.1) is 11.2 Å². The van der Waals surface area contributed by atoms with Gasteiger partial charge in [-0.2, -0.15) is 0 Å². The zero-order valence-electron chi connectivity index (χ0n) is 10.0. The summed E-state index contributed by atoms with van der Waals surface area (Å²) in [5, 5.41) is 5.12. The zero-order chi connectivity index (χ0) is 11.0. The van der Waals surface area contributed by atoms with Crippen molar-refractivity contribution in [3.8, 4) is 0 Å². The van der Waals surface area contributed by atoms with Crippen molar-refractivity contribution in [2.45, 2.75) is 57.4 Å². The lowest BCUT2D eigenvalue weighted by atomic mass is 9.77. The van der Waals surface area contributed by atoms with Gasteiger partial charge in [0, 0.05) is 4.88 Å². The van der Waals surface area contributed by atoms with Crippen LogP contribution in [-0.2, 0) is 18.4 Å². The van der Waals surface area contributed by atoms with Crippen molar-refractivity contribution in [1.82, 2.24) is 10.3 Å². The minimum absolute atomic E-state index is 0.269. The number of fused-ring (bicyclic) bond motifs is 1. The summed E-state index contributed by atoms with van der Waals surface area (Å²) in [5.41, 5.74) is 1.68. The summed E-state index contributed by atoms with van der Waals surface area (Å²) in [4.78, 5) is 6.46. The predicted molar refractivity (Wildman–Crippen MR) is 68.0 cm³/mol. The molecule has 2 aliphatic carbocycles. The first-order valence-electron chi connectivity index (χ1n) is 6.58. The average Bonchev–Trinajstić information content (AvgIpc) is 2.76. The molecule has 3 heteroatoms. The molecule has 3 rings (SSSR count). The summed E-state index contributed by atoms with van der Waals surface area (Å²) >= 11 is 1.98. The Hall–Kier alpha value is -0.410. The van der Waals surface area contributed by atoms with Crippen molar-refractivity contribution >= 4 is 11.3 Å². The van der Waals surface area contributed by atoms with E-state index in [4.69, 9.17) is 4.98 Å². The molecule has 1 saturated carbocycles. The summed E-state index contributed by atoms with van der Waals surface area (Å²) in [6, 6.07) is 0. The van der Waals surface area contributed by atoms with Gasteiger partial charge in [0.1, 0.15) is 5.01 Å². The molecule has 2 aliphatic rings. The van der Waals surface area contributed by atoms with Crippen molar-refractivity contribution in [3.05, 3.63) is 15.6 Å². The lowest BCUT2D eigenvalue weighted by Crippen LogP contribution is -2.48. The van der Waals surface area contributed by atoms with Gasteiger partial charge in [0.2, 0.25) is 0 Å². The summed E-state index contributed by atoms with van der Waals surface area (Å²) in [6.07, 6.45) is 8.98. The van der Waals surface area contributed by atoms with E-state index in [2.05, 4.69) is 12.2 Å². The van der Waals surface area contributed by atoms with Crippen molar-refractivity contribution in [3.63, 3.8) is 0 Å². The van der Waals surface area contributed by atoms with Crippen LogP contribution >= 0.6 is 11.3 Å². The summed E-state index contributed by atoms with van der Waals surface area (Å²) in [6.45, 7) is 3.37. The van der Waals surface area contributed by atoms with Crippen molar-refractivity contribution < 1.29 is 0 Å². The molecule has 0 spiro atoms. The SMILES string of the molecule is CCCNC1(c2nc3c(s2)CCC3)CCC1. The van der Waals surface area contributed by atoms with Gasteiger partial charge in [0.25, 0.3) is 0 Å². The molecular weight excluding hydrogens is 216 g/mol. The van der Waals surface area contributed by atoms with E-state index in [1.165, 1.54) is 55.6 Å². The Balaban J connectivity index is 1.83. The molecule has 2 nitrogen and oxygen atoms in total. The van der Waals surface area contributed by atoms with Crippen LogP contribution in [0.15, 0.2) is 0 Å². The highest BCUT2D eigenvalue weighted by molar-refractivity contribution is 7.12. The maximum atomic E-state index is 4.89. The van der Waals surface area contributed by atoms with Gasteiger partial charge >= 0.3 is 0 Å². The van der Waals surface area contributed by atoms with Crippen molar-refractivity contribution in [1.29, 1.82) is 0 Å². The quantitative estimate of drug-likeness (QED) is 0.869. The van der Waals surface area contributed by atoms with Gasteiger partial charge in [-0.25, -0.2) is 4.98 Å². The lowest BCUT2D eigenvalue weighted by molar-refractivity contribution is 0.186. The van der Waals surface area contributed by atoms with Gasteiger partial charge < -0.3 is 5.32 Å². The smallest absolute Gasteiger partial charge is 0.113 e. The normalized spacial score (nSPS) is 21.8. The van der Waals surface area contributed by atoms with Crippen LogP contribution in [0.1, 0.15) is 54.6 Å². The summed E-state index contributed by atoms with van der Waals surface area (Å²) < 4.78 is 0. The number of hydrogen-bond acceptors (Lipinski definition) is 3. The van der Waals surface area contributed by atoms with Gasteiger partial charge in [-0.05, 0) is 51.5 Å². The standard InChI is InChI=1S/C13H20N2S/c1-2-9-14-13(7-4-8-13)12-15-10-5-3-6-11(10)16-12/h14H,2-9H2,1H3. The van der Waals surface area contributed by atoms with Gasteiger partial charge in [-0.15, -0.1) is 11.3 Å². The Kier molecular flexibility index (Phi) is 2.76. The fraction of sp³-hybridized carbons (Fsp3) is 0.769. The van der Waals surface area contributed by atoms with Crippen LogP contribution in [-0.4, -0.2) is 11.5 Å². The maximum absolute atomic E-state index is 4.89. The Bertz CT molecular complexity index is 358. The van der Waals surface area contributed by atoms with E-state index in [1.807, 2.05) is 11.3 Å². The third-order valence-electron chi connectivity index (χ3n) is 3.93. The molecule has 1 fully saturated rings. The van der Waals surface area contributed by atoms with E-state index in [0.29, 0.717) is 0 Å². The highest BCUT2D eigenvalue weighted by atomic mass is 32.1. The van der Waals surface area contributed by atoms with Crippen molar-refractivity contribution in [2.75, 3.05) is 6.54 Å². The van der Waals surface area contributed by atoms with Gasteiger partial charge in [0.15, 0.2) is 0 Å². The molecule has 0 unspecified atom stereocenters. The molecular formula is C13H20N2S. The molecule has 1 aromatic rings. The number of rotatable bonds is 4. The number of hydrogen-bond donors (Lipinski definition) is 1. The number of thiazole rings is 1. The first-order chi connectivity index (χ1) is 7.84. The van der Waals surface area contributed by atoms with E-state index in [-0.39, 0.29) is 5.54 Å². The first kappa shape index (κ1) is 10.7. The van der Waals surface area contributed by atoms with Crippen LogP contribution in [0.2, 0.25) is 0 Å². The highest BCUT2D eigenvalue weighted by Gasteiger charge is 2.41. The molecule has 88 valence electrons. The van der Waals surface area contributed by atoms with E-state index in [1.54, 1.807) is 4.88 Å². The van der Waals surface area contributed by atoms with Crippen LogP contribution in [0, 0.1) is 0 Å². The summed E-state index contributed by atoms with van der Waals surface area (Å²) in [5.74, 6) is 0. The third-order valence-corrected chi connectivity index (χ3v) is 5.29. The highest BCUT2D eigenvalue weighted by Crippen LogP contribution is 2.44. The van der Waals surface area contributed by atoms with Crippen LogP contribution in [0.5, 0.6) is 0 Å². The topological polar surface area (TPSA) is 24.9 Å². The minimum Gasteiger partial charge on any atom is -0.305 e. The molecule has 0 radical (unpaired) electrons. The second-order valence-corrected chi connectivity index (χ2v) is 6.19. The number of aromatic nitrogens is 1. The van der Waals surface area contributed by atoms with Crippen LogP contribution in [0.4, 0.5) is 0 Å². The summed E-state index contributed by atoms with van der Waals surface area (Å²) in [7, 11) is 0. The van der Waals surface area contributed by atoms with Gasteiger partial charge in [-0.3, -0.25) is 0 Å². The molecule has 1 heterocycles. The third kappa shape index (κ3) is 1.61. The number of aryl methyl sites for hydroxylation is 2. The fourth-order valence-corrected chi connectivity index (χ4v) is 4.13. The van der Waals surface area contributed by atoms with Crippen LogP contribution in [0.3, 0.4) is 0 Å². The second-order valence-electron chi connectivity index (χ2n) is 5.10. The van der Waals surface area contributed by atoms with Crippen LogP contribution < -0.4 is 5.32 Å². The molecule has 0 bridgehead atoms. The van der Waals surface area contributed by atoms with E-state index in [0.717, 1.165) is 6.54 Å². The second kappa shape index (κ2) is 4.11. The lowest BCUT2D eigenvalue weighted by Gasteiger charge is -2.41. The Labute approximate surface area is 101 Å². The minimum atomic E-state index is 0.269. The van der Waals surface area contributed by atoms with Gasteiger partial charge in [-0.1, -0.05) is 6.92 Å². The Morgan fingerprint density at radius 2 is 2.19 bits per heavy atom. The molecule has 1 N–H and O–H groups in total. The number of nitrogens with zero attached hydrogens (tertiary/aromatic N) is 1. The first-order valence-corrected chi connectivity index (χ1v) is 7.40. The maximum Gasteiger partial charge on any atom is 0.113 e. The molecule has 0 atom stereocenters. The fourth-order valence-electron chi connectivity index (χ4n) is 2.76. The zero-order valence-corrected chi connectivity index (χ0v) is 10.8. The van der Waals surface area contributed by atoms with E-state index in [9.17, 15) is 0 Å². The monoisotopic (exact) mass is 236 g/mol. The van der Waals surface area contributed by atoms with Crippen LogP contribution in [0.25, 0.3) is 0 Å². The molecule has 1 aromatic heterocycles.